The van der Waals surface area contributed by atoms with Gasteiger partial charge in [-0.15, -0.1) is 0 Å². The first-order valence-electron chi connectivity index (χ1n) is 7.11. The van der Waals surface area contributed by atoms with Crippen LogP contribution in [0.15, 0.2) is 24.8 Å². The van der Waals surface area contributed by atoms with Gasteiger partial charge in [-0.3, -0.25) is 4.79 Å². The summed E-state index contributed by atoms with van der Waals surface area (Å²) in [5.74, 6) is 0.181. The van der Waals surface area contributed by atoms with E-state index in [1.165, 1.54) is 57.4 Å². The van der Waals surface area contributed by atoms with Gasteiger partial charge in [-0.1, -0.05) is 51.3 Å². The van der Waals surface area contributed by atoms with E-state index in [9.17, 15) is 4.79 Å². The van der Waals surface area contributed by atoms with Crippen LogP contribution in [0, 0.1) is 0 Å². The molecule has 0 heterocycles. The van der Waals surface area contributed by atoms with Gasteiger partial charge in [0.05, 0.1) is 0 Å². The van der Waals surface area contributed by atoms with Crippen molar-refractivity contribution in [2.75, 3.05) is 0 Å². The van der Waals surface area contributed by atoms with Crippen molar-refractivity contribution in [1.29, 1.82) is 0 Å². The van der Waals surface area contributed by atoms with Gasteiger partial charge in [-0.05, 0) is 38.2 Å². The van der Waals surface area contributed by atoms with Gasteiger partial charge in [0.1, 0.15) is 0 Å². The second-order valence-corrected chi connectivity index (χ2v) is 4.59. The second-order valence-electron chi connectivity index (χ2n) is 4.59. The smallest absolute Gasteiger partial charge is 0.155 e. The maximum absolute atomic E-state index is 10.9. The third-order valence-corrected chi connectivity index (χ3v) is 2.91. The van der Waals surface area contributed by atoms with Crippen LogP contribution in [0.2, 0.25) is 0 Å². The minimum absolute atomic E-state index is 0.181. The summed E-state index contributed by atoms with van der Waals surface area (Å²) >= 11 is 0. The molecule has 0 rings (SSSR count). The molecule has 0 unspecified atom stereocenters. The molecule has 0 aliphatic rings. The number of allylic oxidation sites excluding steroid dienone is 3. The maximum atomic E-state index is 10.9. The molecular formula is C16H28O. The average molecular weight is 236 g/mol. The molecule has 0 radical (unpaired) electrons. The van der Waals surface area contributed by atoms with Crippen LogP contribution < -0.4 is 0 Å². The third-order valence-electron chi connectivity index (χ3n) is 2.91. The van der Waals surface area contributed by atoms with E-state index in [1.807, 2.05) is 0 Å². The number of carbonyl (C=O) groups is 1. The zero-order chi connectivity index (χ0) is 12.8. The first-order valence-corrected chi connectivity index (χ1v) is 7.11. The number of hydrogen-bond donors (Lipinski definition) is 0. The molecule has 0 bridgehead atoms. The zero-order valence-corrected chi connectivity index (χ0v) is 11.4. The Morgan fingerprint density at radius 1 is 0.941 bits per heavy atom. The molecule has 17 heavy (non-hydrogen) atoms. The lowest BCUT2D eigenvalue weighted by atomic mass is 10.1. The molecule has 1 heteroatoms. The van der Waals surface area contributed by atoms with Gasteiger partial charge in [-0.2, -0.15) is 0 Å². The van der Waals surface area contributed by atoms with Gasteiger partial charge in [0, 0.05) is 6.42 Å². The highest BCUT2D eigenvalue weighted by atomic mass is 16.1. The summed E-state index contributed by atoms with van der Waals surface area (Å²) in [6.07, 6.45) is 17.8. The third kappa shape index (κ3) is 13.1. The van der Waals surface area contributed by atoms with Gasteiger partial charge in [-0.25, -0.2) is 0 Å². The molecule has 0 amide bonds. The van der Waals surface area contributed by atoms with Crippen molar-refractivity contribution < 1.29 is 4.79 Å². The fourth-order valence-electron chi connectivity index (χ4n) is 1.76. The largest absolute Gasteiger partial charge is 0.295 e. The van der Waals surface area contributed by atoms with Crippen molar-refractivity contribution in [3.8, 4) is 0 Å². The summed E-state index contributed by atoms with van der Waals surface area (Å²) in [4.78, 5) is 10.9. The Balaban J connectivity index is 3.12. The summed E-state index contributed by atoms with van der Waals surface area (Å²) in [6, 6.07) is 0. The molecule has 0 spiro atoms. The van der Waals surface area contributed by atoms with E-state index < -0.39 is 0 Å². The highest BCUT2D eigenvalue weighted by Gasteiger charge is 1.94. The maximum Gasteiger partial charge on any atom is 0.155 e. The summed E-state index contributed by atoms with van der Waals surface area (Å²) in [7, 11) is 0. The average Bonchev–Trinajstić information content (AvgIpc) is 2.35. The SMILES string of the molecule is C=CC(=O)CCCCCC/C=C\CCCCC. The molecule has 0 N–H and O–H groups in total. The predicted molar refractivity (Wildman–Crippen MR) is 76.2 cm³/mol. The fraction of sp³-hybridized carbons (Fsp3) is 0.688. The molecule has 0 fully saturated rings. The van der Waals surface area contributed by atoms with Crippen LogP contribution in [0.3, 0.4) is 0 Å². The molecule has 0 aromatic rings. The molecule has 0 atom stereocenters. The van der Waals surface area contributed by atoms with E-state index in [0.717, 1.165) is 6.42 Å². The predicted octanol–water partition coefficient (Wildman–Crippen LogP) is 5.22. The molecule has 0 saturated heterocycles. The van der Waals surface area contributed by atoms with Crippen molar-refractivity contribution in [2.24, 2.45) is 0 Å². The Hall–Kier alpha value is -0.850. The molecule has 1 nitrogen and oxygen atoms in total. The van der Waals surface area contributed by atoms with Crippen LogP contribution in [0.25, 0.3) is 0 Å². The minimum atomic E-state index is 0.181. The summed E-state index contributed by atoms with van der Waals surface area (Å²) in [5, 5.41) is 0. The zero-order valence-electron chi connectivity index (χ0n) is 11.4. The Morgan fingerprint density at radius 3 is 2.12 bits per heavy atom. The van der Waals surface area contributed by atoms with Gasteiger partial charge < -0.3 is 0 Å². The van der Waals surface area contributed by atoms with Crippen molar-refractivity contribution in [1.82, 2.24) is 0 Å². The van der Waals surface area contributed by atoms with Gasteiger partial charge in [0.15, 0.2) is 5.78 Å². The van der Waals surface area contributed by atoms with Gasteiger partial charge in [0.2, 0.25) is 0 Å². The van der Waals surface area contributed by atoms with Crippen molar-refractivity contribution >= 4 is 5.78 Å². The number of hydrogen-bond acceptors (Lipinski definition) is 1. The number of unbranched alkanes of at least 4 members (excludes halogenated alkanes) is 7. The Kier molecular flexibility index (Phi) is 12.6. The molecule has 0 aromatic heterocycles. The normalized spacial score (nSPS) is 10.9. The van der Waals surface area contributed by atoms with Crippen LogP contribution in [-0.4, -0.2) is 5.78 Å². The van der Waals surface area contributed by atoms with E-state index in [0.29, 0.717) is 6.42 Å². The Morgan fingerprint density at radius 2 is 1.53 bits per heavy atom. The second kappa shape index (κ2) is 13.2. The van der Waals surface area contributed by atoms with Crippen molar-refractivity contribution in [3.05, 3.63) is 24.8 Å². The summed E-state index contributed by atoms with van der Waals surface area (Å²) < 4.78 is 0. The highest BCUT2D eigenvalue weighted by Crippen LogP contribution is 2.07. The Bertz CT molecular complexity index is 216. The molecule has 0 aliphatic heterocycles. The van der Waals surface area contributed by atoms with E-state index in [1.54, 1.807) is 0 Å². The standard InChI is InChI=1S/C16H28O/c1-3-5-6-7-8-9-10-11-12-13-14-15-16(17)4-2/h4,8-9H,2-3,5-7,10-15H2,1H3/b9-8-. The number of ketones is 1. The number of rotatable bonds is 12. The van der Waals surface area contributed by atoms with Crippen molar-refractivity contribution in [3.63, 3.8) is 0 Å². The lowest BCUT2D eigenvalue weighted by Gasteiger charge is -1.97. The number of carbonyl (C=O) groups excluding carboxylic acids is 1. The highest BCUT2D eigenvalue weighted by molar-refractivity contribution is 5.88. The molecule has 0 saturated carbocycles. The van der Waals surface area contributed by atoms with E-state index >= 15 is 0 Å². The first kappa shape index (κ1) is 16.1. The van der Waals surface area contributed by atoms with Crippen LogP contribution in [0.5, 0.6) is 0 Å². The molecule has 98 valence electrons. The van der Waals surface area contributed by atoms with E-state index in [4.69, 9.17) is 0 Å². The minimum Gasteiger partial charge on any atom is -0.295 e. The lowest BCUT2D eigenvalue weighted by molar-refractivity contribution is -0.114. The summed E-state index contributed by atoms with van der Waals surface area (Å²) in [5.41, 5.74) is 0. The lowest BCUT2D eigenvalue weighted by Crippen LogP contribution is -1.90. The topological polar surface area (TPSA) is 17.1 Å². The summed E-state index contributed by atoms with van der Waals surface area (Å²) in [6.45, 7) is 5.71. The quantitative estimate of drug-likeness (QED) is 0.258. The molecule has 0 aliphatic carbocycles. The Labute approximate surface area is 107 Å². The molecular weight excluding hydrogens is 208 g/mol. The van der Waals surface area contributed by atoms with Crippen LogP contribution in [0.1, 0.15) is 71.1 Å². The van der Waals surface area contributed by atoms with Crippen LogP contribution >= 0.6 is 0 Å². The van der Waals surface area contributed by atoms with Gasteiger partial charge >= 0.3 is 0 Å². The monoisotopic (exact) mass is 236 g/mol. The molecule has 0 aromatic carbocycles. The van der Waals surface area contributed by atoms with E-state index in [-0.39, 0.29) is 5.78 Å². The van der Waals surface area contributed by atoms with Gasteiger partial charge in [0.25, 0.3) is 0 Å². The first-order chi connectivity index (χ1) is 8.31. The fourth-order valence-corrected chi connectivity index (χ4v) is 1.76. The van der Waals surface area contributed by atoms with Crippen LogP contribution in [-0.2, 0) is 4.79 Å². The van der Waals surface area contributed by atoms with E-state index in [2.05, 4.69) is 25.7 Å². The van der Waals surface area contributed by atoms with Crippen molar-refractivity contribution in [2.45, 2.75) is 71.1 Å². The van der Waals surface area contributed by atoms with Crippen LogP contribution in [0.4, 0.5) is 0 Å².